The molecule has 5 rings (SSSR count). The van der Waals surface area contributed by atoms with Gasteiger partial charge in [-0.15, -0.1) is 0 Å². The number of rotatable bonds is 6. The van der Waals surface area contributed by atoms with Crippen LogP contribution in [0.5, 0.6) is 0 Å². The zero-order chi connectivity index (χ0) is 25.1. The maximum Gasteiger partial charge on any atom is 0.302 e. The molecular formula is C28H26ClN5O2. The fourth-order valence-electron chi connectivity index (χ4n) is 4.22. The molecule has 8 heteroatoms. The largest absolute Gasteiger partial charge is 0.423 e. The summed E-state index contributed by atoms with van der Waals surface area (Å²) in [5, 5.41) is 9.87. The van der Waals surface area contributed by atoms with Gasteiger partial charge in [0.25, 0.3) is 5.91 Å². The lowest BCUT2D eigenvalue weighted by atomic mass is 9.95. The van der Waals surface area contributed by atoms with Crippen LogP contribution in [0.15, 0.2) is 93.5 Å². The Morgan fingerprint density at radius 3 is 2.64 bits per heavy atom. The van der Waals surface area contributed by atoms with E-state index < -0.39 is 6.04 Å². The van der Waals surface area contributed by atoms with Gasteiger partial charge in [-0.2, -0.15) is 4.98 Å². The average Bonchev–Trinajstić information content (AvgIpc) is 3.29. The number of aryl methyl sites for hydroxylation is 1. The number of nitrogens with one attached hydrogen (secondary N) is 3. The Kier molecular flexibility index (Phi) is 6.73. The van der Waals surface area contributed by atoms with Crippen molar-refractivity contribution in [3.05, 3.63) is 106 Å². The number of halogens is 1. The number of guanidine groups is 1. The minimum absolute atomic E-state index is 0.212. The lowest BCUT2D eigenvalue weighted by molar-refractivity contribution is -0.118. The molecular weight excluding hydrogens is 474 g/mol. The Morgan fingerprint density at radius 2 is 1.83 bits per heavy atom. The number of hydrogen-bond acceptors (Lipinski definition) is 6. The SMILES string of the molecule is CCc1cccc(CNC(=O)C2=C(C)NC(Nc3nc4ccccc4o3)=NC2c2ccccc2Cl)c1. The Hall–Kier alpha value is -4.10. The summed E-state index contributed by atoms with van der Waals surface area (Å²) in [7, 11) is 0. The topological polar surface area (TPSA) is 91.6 Å². The van der Waals surface area contributed by atoms with Crippen molar-refractivity contribution in [1.82, 2.24) is 15.6 Å². The van der Waals surface area contributed by atoms with E-state index in [-0.39, 0.29) is 5.91 Å². The van der Waals surface area contributed by atoms with E-state index in [9.17, 15) is 4.79 Å². The zero-order valence-electron chi connectivity index (χ0n) is 20.0. The average molecular weight is 500 g/mol. The van der Waals surface area contributed by atoms with Crippen molar-refractivity contribution in [3.8, 4) is 0 Å². The number of allylic oxidation sites excluding steroid dienone is 1. The van der Waals surface area contributed by atoms with Crippen molar-refractivity contribution in [2.24, 2.45) is 4.99 Å². The monoisotopic (exact) mass is 499 g/mol. The second-order valence-corrected chi connectivity index (χ2v) is 8.94. The summed E-state index contributed by atoms with van der Waals surface area (Å²) in [5.74, 6) is 0.202. The lowest BCUT2D eigenvalue weighted by Gasteiger charge is -2.27. The van der Waals surface area contributed by atoms with Crippen LogP contribution in [0.25, 0.3) is 11.1 Å². The first-order chi connectivity index (χ1) is 17.5. The molecule has 3 aromatic carbocycles. The second kappa shape index (κ2) is 10.3. The summed E-state index contributed by atoms with van der Waals surface area (Å²) < 4.78 is 5.79. The molecule has 0 bridgehead atoms. The highest BCUT2D eigenvalue weighted by Gasteiger charge is 2.31. The molecule has 1 amide bonds. The van der Waals surface area contributed by atoms with Crippen LogP contribution in [0, 0.1) is 0 Å². The van der Waals surface area contributed by atoms with Crippen LogP contribution >= 0.6 is 11.6 Å². The van der Waals surface area contributed by atoms with Gasteiger partial charge in [0.1, 0.15) is 11.6 Å². The summed E-state index contributed by atoms with van der Waals surface area (Å²) in [4.78, 5) is 22.7. The Bertz CT molecular complexity index is 1460. The van der Waals surface area contributed by atoms with Crippen molar-refractivity contribution < 1.29 is 9.21 Å². The van der Waals surface area contributed by atoms with E-state index in [0.29, 0.717) is 40.4 Å². The Labute approximate surface area is 214 Å². The van der Waals surface area contributed by atoms with Crippen LogP contribution in [0.4, 0.5) is 6.01 Å². The van der Waals surface area contributed by atoms with Crippen molar-refractivity contribution >= 4 is 40.6 Å². The fourth-order valence-corrected chi connectivity index (χ4v) is 4.46. The molecule has 0 saturated carbocycles. The number of aliphatic imine (C=N–C) groups is 1. The van der Waals surface area contributed by atoms with E-state index in [2.05, 4.69) is 40.0 Å². The molecule has 1 unspecified atom stereocenters. The van der Waals surface area contributed by atoms with Crippen molar-refractivity contribution in [2.75, 3.05) is 5.32 Å². The van der Waals surface area contributed by atoms with E-state index in [4.69, 9.17) is 21.0 Å². The van der Waals surface area contributed by atoms with Crippen molar-refractivity contribution in [1.29, 1.82) is 0 Å². The molecule has 0 saturated heterocycles. The fraction of sp³-hybridized carbons (Fsp3) is 0.179. The molecule has 0 spiro atoms. The molecule has 0 radical (unpaired) electrons. The number of fused-ring (bicyclic) bond motifs is 1. The molecule has 7 nitrogen and oxygen atoms in total. The van der Waals surface area contributed by atoms with Crippen LogP contribution in [0.3, 0.4) is 0 Å². The van der Waals surface area contributed by atoms with E-state index in [1.54, 1.807) is 6.07 Å². The van der Waals surface area contributed by atoms with Crippen LogP contribution in [-0.2, 0) is 17.8 Å². The number of benzene rings is 3. The predicted octanol–water partition coefficient (Wildman–Crippen LogP) is 5.75. The van der Waals surface area contributed by atoms with Gasteiger partial charge in [0.15, 0.2) is 5.58 Å². The lowest BCUT2D eigenvalue weighted by Crippen LogP contribution is -2.39. The van der Waals surface area contributed by atoms with Gasteiger partial charge in [-0.3, -0.25) is 10.1 Å². The number of anilines is 1. The highest BCUT2D eigenvalue weighted by atomic mass is 35.5. The first kappa shape index (κ1) is 23.6. The molecule has 1 aromatic heterocycles. The van der Waals surface area contributed by atoms with Crippen LogP contribution in [0.1, 0.15) is 36.6 Å². The van der Waals surface area contributed by atoms with E-state index in [1.165, 1.54) is 5.56 Å². The number of carbonyl (C=O) groups excluding carboxylic acids is 1. The van der Waals surface area contributed by atoms with Gasteiger partial charge in [-0.05, 0) is 42.7 Å². The summed E-state index contributed by atoms with van der Waals surface area (Å²) in [6.07, 6.45) is 0.940. The van der Waals surface area contributed by atoms with Crippen molar-refractivity contribution in [3.63, 3.8) is 0 Å². The number of amides is 1. The van der Waals surface area contributed by atoms with Crippen LogP contribution in [-0.4, -0.2) is 16.9 Å². The smallest absolute Gasteiger partial charge is 0.302 e. The molecule has 36 heavy (non-hydrogen) atoms. The van der Waals surface area contributed by atoms with E-state index in [1.807, 2.05) is 61.5 Å². The maximum atomic E-state index is 13.4. The Morgan fingerprint density at radius 1 is 1.06 bits per heavy atom. The number of oxazole rings is 1. The van der Waals surface area contributed by atoms with E-state index >= 15 is 0 Å². The molecule has 1 atom stereocenters. The van der Waals surface area contributed by atoms with Gasteiger partial charge in [-0.25, -0.2) is 4.99 Å². The molecule has 4 aromatic rings. The minimum Gasteiger partial charge on any atom is -0.423 e. The first-order valence-electron chi connectivity index (χ1n) is 11.8. The molecule has 1 aliphatic rings. The predicted molar refractivity (Wildman–Crippen MR) is 143 cm³/mol. The molecule has 1 aliphatic heterocycles. The number of carbonyl (C=O) groups is 1. The van der Waals surface area contributed by atoms with Gasteiger partial charge in [-0.1, -0.05) is 73.1 Å². The maximum absolute atomic E-state index is 13.4. The third kappa shape index (κ3) is 4.97. The van der Waals surface area contributed by atoms with Crippen molar-refractivity contribution in [2.45, 2.75) is 32.9 Å². The summed E-state index contributed by atoms with van der Waals surface area (Å²) in [6, 6.07) is 22.8. The van der Waals surface area contributed by atoms with Crippen LogP contribution in [0.2, 0.25) is 5.02 Å². The van der Waals surface area contributed by atoms with Gasteiger partial charge in [0.05, 0.1) is 5.57 Å². The zero-order valence-corrected chi connectivity index (χ0v) is 20.8. The van der Waals surface area contributed by atoms with Gasteiger partial charge in [0.2, 0.25) is 5.96 Å². The van der Waals surface area contributed by atoms with Crippen LogP contribution < -0.4 is 16.0 Å². The minimum atomic E-state index is -0.617. The van der Waals surface area contributed by atoms with E-state index in [0.717, 1.165) is 23.1 Å². The standard InChI is InChI=1S/C28H26ClN5O2/c1-3-18-9-8-10-19(15-18)16-30-26(35)24-17(2)31-27(33-25(24)20-11-4-5-12-21(20)29)34-28-32-22-13-6-7-14-23(22)36-28/h4-15,25H,3,16H2,1-2H3,(H,30,35)(H2,31,32,33,34). The summed E-state index contributed by atoms with van der Waals surface area (Å²) in [6.45, 7) is 4.37. The summed E-state index contributed by atoms with van der Waals surface area (Å²) in [5.41, 5.74) is 5.56. The number of para-hydroxylation sites is 2. The third-order valence-electron chi connectivity index (χ3n) is 6.06. The molecule has 2 heterocycles. The number of aromatic nitrogens is 1. The number of hydrogen-bond donors (Lipinski definition) is 3. The van der Waals surface area contributed by atoms with Gasteiger partial charge >= 0.3 is 6.01 Å². The van der Waals surface area contributed by atoms with Gasteiger partial charge in [0, 0.05) is 22.8 Å². The quantitative estimate of drug-likeness (QED) is 0.314. The molecule has 182 valence electrons. The second-order valence-electron chi connectivity index (χ2n) is 8.53. The number of nitrogens with zero attached hydrogens (tertiary/aromatic N) is 2. The normalized spacial score (nSPS) is 15.4. The molecule has 3 N–H and O–H groups in total. The van der Waals surface area contributed by atoms with Gasteiger partial charge < -0.3 is 15.1 Å². The third-order valence-corrected chi connectivity index (χ3v) is 6.40. The molecule has 0 fully saturated rings. The summed E-state index contributed by atoms with van der Waals surface area (Å²) >= 11 is 6.55. The molecule has 0 aliphatic carbocycles. The Balaban J connectivity index is 1.43. The first-order valence-corrected chi connectivity index (χ1v) is 12.2. The highest BCUT2D eigenvalue weighted by Crippen LogP contribution is 2.35. The highest BCUT2D eigenvalue weighted by molar-refractivity contribution is 6.31.